The Kier molecular flexibility index (Phi) is 4.22. The molecule has 0 aromatic heterocycles. The number of carbonyl (C=O) groups is 2. The van der Waals surface area contributed by atoms with Crippen molar-refractivity contribution in [1.82, 2.24) is 4.90 Å². The molecule has 6 heteroatoms. The molecular weight excluding hydrogens is 356 g/mol. The summed E-state index contributed by atoms with van der Waals surface area (Å²) in [6.45, 7) is 1.10. The number of hydrogen-bond acceptors (Lipinski definition) is 2. The molecule has 3 rings (SSSR count). The first-order valence-corrected chi connectivity index (χ1v) is 8.31. The fourth-order valence-electron chi connectivity index (χ4n) is 3.06. The summed E-state index contributed by atoms with van der Waals surface area (Å²) < 4.78 is 0.817. The van der Waals surface area contributed by atoms with Crippen LogP contribution < -0.4 is 4.90 Å². The van der Waals surface area contributed by atoms with Crippen molar-refractivity contribution in [3.8, 4) is 0 Å². The molecular formula is C15H16BrClN2O2. The van der Waals surface area contributed by atoms with Crippen molar-refractivity contribution >= 4 is 45.0 Å². The summed E-state index contributed by atoms with van der Waals surface area (Å²) in [7, 11) is 0. The highest BCUT2D eigenvalue weighted by atomic mass is 79.9. The molecule has 0 N–H and O–H groups in total. The van der Waals surface area contributed by atoms with Gasteiger partial charge in [-0.25, -0.2) is 0 Å². The number of halogens is 2. The van der Waals surface area contributed by atoms with E-state index >= 15 is 0 Å². The van der Waals surface area contributed by atoms with Crippen molar-refractivity contribution in [1.29, 1.82) is 0 Å². The highest BCUT2D eigenvalue weighted by molar-refractivity contribution is 9.10. The van der Waals surface area contributed by atoms with Crippen molar-refractivity contribution in [2.75, 3.05) is 18.0 Å². The Balaban J connectivity index is 1.97. The molecule has 1 atom stereocenters. The van der Waals surface area contributed by atoms with E-state index in [2.05, 4.69) is 15.9 Å². The second kappa shape index (κ2) is 5.97. The molecule has 2 fully saturated rings. The topological polar surface area (TPSA) is 40.6 Å². The van der Waals surface area contributed by atoms with Crippen LogP contribution in [0.4, 0.5) is 5.69 Å². The van der Waals surface area contributed by atoms with E-state index in [0.717, 1.165) is 29.4 Å². The zero-order valence-corrected chi connectivity index (χ0v) is 13.9. The van der Waals surface area contributed by atoms with Crippen molar-refractivity contribution in [2.24, 2.45) is 0 Å². The van der Waals surface area contributed by atoms with E-state index in [0.29, 0.717) is 24.5 Å². The van der Waals surface area contributed by atoms with Gasteiger partial charge in [-0.3, -0.25) is 9.59 Å². The van der Waals surface area contributed by atoms with E-state index in [9.17, 15) is 9.59 Å². The van der Waals surface area contributed by atoms with Crippen LogP contribution in [-0.2, 0) is 9.59 Å². The number of benzene rings is 1. The number of rotatable bonds is 1. The Labute approximate surface area is 137 Å². The van der Waals surface area contributed by atoms with Gasteiger partial charge < -0.3 is 9.80 Å². The summed E-state index contributed by atoms with van der Waals surface area (Å²) in [4.78, 5) is 28.5. The van der Waals surface area contributed by atoms with Crippen LogP contribution in [0, 0.1) is 0 Å². The van der Waals surface area contributed by atoms with Gasteiger partial charge in [-0.05, 0) is 53.4 Å². The van der Waals surface area contributed by atoms with Crippen molar-refractivity contribution < 1.29 is 9.59 Å². The summed E-state index contributed by atoms with van der Waals surface area (Å²) in [6, 6.07) is 5.05. The number of hydrogen-bond donors (Lipinski definition) is 0. The first-order valence-electron chi connectivity index (χ1n) is 7.14. The molecule has 1 aromatic rings. The standard InChI is InChI=1S/C15H16BrClN2O2/c16-11-5-4-10(17)9-13(11)19-8-6-14(20)18-7-2-1-3-12(18)15(19)21/h4-5,9,12H,1-3,6-8H2. The second-order valence-corrected chi connectivity index (χ2v) is 6.73. The van der Waals surface area contributed by atoms with Crippen molar-refractivity contribution in [2.45, 2.75) is 31.7 Å². The van der Waals surface area contributed by atoms with Crippen LogP contribution in [0.15, 0.2) is 22.7 Å². The maximum atomic E-state index is 12.9. The predicted octanol–water partition coefficient (Wildman–Crippen LogP) is 3.22. The van der Waals surface area contributed by atoms with Crippen molar-refractivity contribution in [3.63, 3.8) is 0 Å². The average molecular weight is 372 g/mol. The first-order chi connectivity index (χ1) is 10.1. The summed E-state index contributed by atoms with van der Waals surface area (Å²) >= 11 is 9.53. The predicted molar refractivity (Wildman–Crippen MR) is 85.5 cm³/mol. The molecule has 0 aliphatic carbocycles. The summed E-state index contributed by atoms with van der Waals surface area (Å²) in [5, 5.41) is 0.581. The molecule has 0 bridgehead atoms. The molecule has 2 saturated heterocycles. The Hall–Kier alpha value is -1.07. The monoisotopic (exact) mass is 370 g/mol. The lowest BCUT2D eigenvalue weighted by atomic mass is 10.0. The van der Waals surface area contributed by atoms with Crippen LogP contribution in [0.2, 0.25) is 5.02 Å². The lowest BCUT2D eigenvalue weighted by molar-refractivity contribution is -0.138. The fourth-order valence-corrected chi connectivity index (χ4v) is 3.69. The summed E-state index contributed by atoms with van der Waals surface area (Å²) in [5.74, 6) is 0.0808. The number of amides is 2. The van der Waals surface area contributed by atoms with Gasteiger partial charge in [-0.1, -0.05) is 11.6 Å². The highest BCUT2D eigenvalue weighted by Gasteiger charge is 2.38. The number of anilines is 1. The van der Waals surface area contributed by atoms with Gasteiger partial charge in [-0.15, -0.1) is 0 Å². The van der Waals surface area contributed by atoms with Gasteiger partial charge in [0.2, 0.25) is 11.8 Å². The fraction of sp³-hybridized carbons (Fsp3) is 0.467. The molecule has 2 amide bonds. The van der Waals surface area contributed by atoms with E-state index in [-0.39, 0.29) is 17.9 Å². The number of carbonyl (C=O) groups excluding carboxylic acids is 2. The third-order valence-electron chi connectivity index (χ3n) is 4.12. The van der Waals surface area contributed by atoms with Gasteiger partial charge in [0.25, 0.3) is 0 Å². The molecule has 2 heterocycles. The van der Waals surface area contributed by atoms with E-state index in [1.165, 1.54) is 0 Å². The van der Waals surface area contributed by atoms with Crippen LogP contribution >= 0.6 is 27.5 Å². The lowest BCUT2D eigenvalue weighted by Crippen LogP contribution is -2.49. The van der Waals surface area contributed by atoms with Gasteiger partial charge in [0.05, 0.1) is 5.69 Å². The SMILES string of the molecule is O=C1C2CCCCN2C(=O)CCN1c1cc(Cl)ccc1Br. The van der Waals surface area contributed by atoms with Gasteiger partial charge in [-0.2, -0.15) is 0 Å². The maximum absolute atomic E-state index is 12.9. The Morgan fingerprint density at radius 1 is 1.19 bits per heavy atom. The summed E-state index contributed by atoms with van der Waals surface area (Å²) in [6.07, 6.45) is 3.08. The third kappa shape index (κ3) is 2.81. The van der Waals surface area contributed by atoms with Crippen LogP contribution in [0.5, 0.6) is 0 Å². The lowest BCUT2D eigenvalue weighted by Gasteiger charge is -2.34. The molecule has 0 radical (unpaired) electrons. The van der Waals surface area contributed by atoms with Gasteiger partial charge in [0.15, 0.2) is 0 Å². The number of fused-ring (bicyclic) bond motifs is 1. The van der Waals surface area contributed by atoms with Crippen LogP contribution in [0.3, 0.4) is 0 Å². The summed E-state index contributed by atoms with van der Waals surface area (Å²) in [5.41, 5.74) is 0.743. The van der Waals surface area contributed by atoms with Gasteiger partial charge in [0.1, 0.15) is 6.04 Å². The average Bonchev–Trinajstić information content (AvgIpc) is 2.61. The number of nitrogens with zero attached hydrogens (tertiary/aromatic N) is 2. The molecule has 2 aliphatic heterocycles. The molecule has 112 valence electrons. The van der Waals surface area contributed by atoms with E-state index in [1.54, 1.807) is 21.9 Å². The first kappa shape index (κ1) is 14.9. The second-order valence-electron chi connectivity index (χ2n) is 5.43. The molecule has 2 aliphatic rings. The van der Waals surface area contributed by atoms with Crippen molar-refractivity contribution in [3.05, 3.63) is 27.7 Å². The molecule has 0 spiro atoms. The molecule has 1 unspecified atom stereocenters. The Morgan fingerprint density at radius 2 is 2.00 bits per heavy atom. The molecule has 21 heavy (non-hydrogen) atoms. The van der Waals surface area contributed by atoms with Crippen LogP contribution in [-0.4, -0.2) is 35.8 Å². The van der Waals surface area contributed by atoms with E-state index in [4.69, 9.17) is 11.6 Å². The Bertz CT molecular complexity index is 593. The normalized spacial score (nSPS) is 23.0. The maximum Gasteiger partial charge on any atom is 0.249 e. The zero-order chi connectivity index (χ0) is 15.0. The minimum atomic E-state index is -0.320. The zero-order valence-electron chi connectivity index (χ0n) is 11.5. The van der Waals surface area contributed by atoms with E-state index in [1.807, 2.05) is 6.07 Å². The molecule has 1 aromatic carbocycles. The van der Waals surface area contributed by atoms with Crippen LogP contribution in [0.25, 0.3) is 0 Å². The van der Waals surface area contributed by atoms with Crippen LogP contribution in [0.1, 0.15) is 25.7 Å². The number of piperidine rings is 1. The molecule has 0 saturated carbocycles. The highest BCUT2D eigenvalue weighted by Crippen LogP contribution is 2.33. The smallest absolute Gasteiger partial charge is 0.249 e. The largest absolute Gasteiger partial charge is 0.331 e. The van der Waals surface area contributed by atoms with Gasteiger partial charge >= 0.3 is 0 Å². The molecule has 4 nitrogen and oxygen atoms in total. The Morgan fingerprint density at radius 3 is 2.81 bits per heavy atom. The van der Waals surface area contributed by atoms with E-state index < -0.39 is 0 Å². The third-order valence-corrected chi connectivity index (χ3v) is 5.03. The minimum Gasteiger partial charge on any atom is -0.331 e. The minimum absolute atomic E-state index is 0.00326. The quantitative estimate of drug-likeness (QED) is 0.760. The van der Waals surface area contributed by atoms with Gasteiger partial charge in [0, 0.05) is 29.0 Å².